The average Bonchev–Trinajstić information content (AvgIpc) is 3.20. The number of H-pyrrole nitrogens is 1. The number of nitrogens with one attached hydrogen (secondary N) is 4. The number of fused-ring (bicyclic) bond motifs is 1. The molecule has 0 aliphatic carbocycles. The van der Waals surface area contributed by atoms with Gasteiger partial charge in [-0.3, -0.25) is 32.9 Å². The number of esters is 1. The number of hydrogen-bond donors (Lipinski definition) is 6. The van der Waals surface area contributed by atoms with E-state index >= 15 is 0 Å². The number of aromatic nitrogens is 4. The third-order valence-corrected chi connectivity index (χ3v) is 10.1. The number of benzene rings is 2. The monoisotopic (exact) mass is 862 g/mol. The molecule has 4 rings (SSSR count). The largest absolute Gasteiger partial charge is 0.697 e. The van der Waals surface area contributed by atoms with Gasteiger partial charge in [0, 0.05) is 22.2 Å². The lowest BCUT2D eigenvalue weighted by molar-refractivity contribution is -0.140. The zero-order valence-corrected chi connectivity index (χ0v) is 33.7. The topological polar surface area (TPSA) is 306 Å². The van der Waals surface area contributed by atoms with Gasteiger partial charge >= 0.3 is 34.0 Å². The van der Waals surface area contributed by atoms with E-state index in [1.54, 1.807) is 45.0 Å². The van der Waals surface area contributed by atoms with Crippen LogP contribution in [0, 0.1) is 0 Å². The van der Waals surface area contributed by atoms with Gasteiger partial charge < -0.3 is 30.9 Å². The van der Waals surface area contributed by atoms with Crippen molar-refractivity contribution >= 4 is 68.4 Å². The van der Waals surface area contributed by atoms with E-state index in [1.807, 2.05) is 0 Å². The zero-order valence-electron chi connectivity index (χ0n) is 31.9. The summed E-state index contributed by atoms with van der Waals surface area (Å²) in [5.74, 6) is -4.17. The minimum absolute atomic E-state index is 0.00877. The first kappa shape index (κ1) is 46.0. The van der Waals surface area contributed by atoms with E-state index in [4.69, 9.17) is 32.5 Å². The number of carboxylic acids is 2. The second kappa shape index (κ2) is 22.4. The predicted molar refractivity (Wildman–Crippen MR) is 208 cm³/mol. The third-order valence-electron chi connectivity index (χ3n) is 7.59. The van der Waals surface area contributed by atoms with Gasteiger partial charge in [-0.2, -0.15) is 4.98 Å². The number of para-hydroxylation sites is 1. The van der Waals surface area contributed by atoms with Crippen molar-refractivity contribution in [1.82, 2.24) is 25.3 Å². The highest BCUT2D eigenvalue weighted by molar-refractivity contribution is 7.48. The molecule has 2 heterocycles. The van der Waals surface area contributed by atoms with Gasteiger partial charge in [-0.1, -0.05) is 12.1 Å². The summed E-state index contributed by atoms with van der Waals surface area (Å²) >= 11 is 0. The molecule has 0 bridgehead atoms. The second-order valence-corrected chi connectivity index (χ2v) is 14.5. The van der Waals surface area contributed by atoms with Crippen molar-refractivity contribution in [2.45, 2.75) is 52.3 Å². The van der Waals surface area contributed by atoms with E-state index in [2.05, 4.69) is 35.9 Å². The Kier molecular flexibility index (Phi) is 17.5. The van der Waals surface area contributed by atoms with Crippen LogP contribution < -0.4 is 21.5 Å². The fraction of sp³-hybridized carbons (Fsp3) is 0.371. The summed E-state index contributed by atoms with van der Waals surface area (Å²) in [6.45, 7) is 3.94. The first-order valence-corrected chi connectivity index (χ1v) is 20.5. The number of phosphoric ester groups is 1. The molecule has 0 spiro atoms. The Bertz CT molecular complexity index is 2220. The fourth-order valence-electron chi connectivity index (χ4n) is 4.93. The molecule has 24 heteroatoms. The third kappa shape index (κ3) is 14.3. The lowest BCUT2D eigenvalue weighted by atomic mass is 10.1. The maximum atomic E-state index is 13.3. The second-order valence-electron chi connectivity index (χ2n) is 11.9. The summed E-state index contributed by atoms with van der Waals surface area (Å²) in [6, 6.07) is 10.8. The Morgan fingerprint density at radius 3 is 2.31 bits per heavy atom. The van der Waals surface area contributed by atoms with Gasteiger partial charge in [-0.05, 0) is 63.6 Å². The molecule has 0 saturated carbocycles. The number of anilines is 3. The standard InChI is InChI=1S/C35H41N7O15P2/c1-4-53-58(50)54-20-24(57-59(51,55-5-2)56-6-3)19-52-34(49)25-9-7-8-10-26(25)40-35-41-30-29(32(46)42-35)38-23(18-37-30)17-36-22-13-11-21(12-14-22)31(45)39-27(33(47)48)15-16-28(43)44/h7-14,18,24,27H,4-6,15-17,19-20H2,1-3H3,(H5-,36,37,39,40,41,42,43,44,45,46,47,48,49)/p+1/t24?,27-/m0/s1. The normalized spacial score (nSPS) is 12.6. The van der Waals surface area contributed by atoms with Crippen molar-refractivity contribution in [2.24, 2.45) is 0 Å². The van der Waals surface area contributed by atoms with Crippen LogP contribution in [0.1, 0.15) is 60.0 Å². The first-order valence-electron chi connectivity index (χ1n) is 17.9. The number of phosphoric acid groups is 1. The number of ether oxygens (including phenoxy) is 1. The smallest absolute Gasteiger partial charge is 0.481 e. The van der Waals surface area contributed by atoms with E-state index in [-0.39, 0.29) is 66.7 Å². The summed E-state index contributed by atoms with van der Waals surface area (Å²) in [5.41, 5.74) is 0.504. The van der Waals surface area contributed by atoms with Gasteiger partial charge in [0.15, 0.2) is 11.2 Å². The van der Waals surface area contributed by atoms with Crippen molar-refractivity contribution in [1.29, 1.82) is 0 Å². The van der Waals surface area contributed by atoms with Crippen LogP contribution in [-0.2, 0) is 52.6 Å². The molecule has 4 aromatic rings. The fourth-order valence-corrected chi connectivity index (χ4v) is 6.82. The van der Waals surface area contributed by atoms with Gasteiger partial charge in [-0.25, -0.2) is 24.1 Å². The first-order chi connectivity index (χ1) is 28.2. The summed E-state index contributed by atoms with van der Waals surface area (Å²) < 4.78 is 56.3. The highest BCUT2D eigenvalue weighted by atomic mass is 31.2. The van der Waals surface area contributed by atoms with E-state index in [1.165, 1.54) is 30.5 Å². The van der Waals surface area contributed by atoms with Crippen molar-refractivity contribution in [3.05, 3.63) is 81.9 Å². The number of aliphatic carboxylic acids is 2. The molecular weight excluding hydrogens is 820 g/mol. The lowest BCUT2D eigenvalue weighted by Gasteiger charge is -2.22. The van der Waals surface area contributed by atoms with Crippen molar-refractivity contribution in [2.75, 3.05) is 43.7 Å². The van der Waals surface area contributed by atoms with Crippen molar-refractivity contribution in [3.63, 3.8) is 0 Å². The van der Waals surface area contributed by atoms with Gasteiger partial charge in [0.1, 0.15) is 32.0 Å². The number of aromatic amines is 1. The van der Waals surface area contributed by atoms with Crippen molar-refractivity contribution < 1.29 is 65.9 Å². The minimum atomic E-state index is -4.11. The molecule has 22 nitrogen and oxygen atoms in total. The van der Waals surface area contributed by atoms with Crippen LogP contribution in [0.4, 0.5) is 17.3 Å². The molecule has 0 saturated heterocycles. The van der Waals surface area contributed by atoms with E-state index in [0.717, 1.165) is 0 Å². The average molecular weight is 863 g/mol. The van der Waals surface area contributed by atoms with Crippen LogP contribution in [0.3, 0.4) is 0 Å². The van der Waals surface area contributed by atoms with Crippen molar-refractivity contribution in [3.8, 4) is 0 Å². The molecule has 0 aliphatic heterocycles. The van der Waals surface area contributed by atoms with Crippen LogP contribution in [-0.4, -0.2) is 99.1 Å². The Balaban J connectivity index is 1.41. The molecule has 6 N–H and O–H groups in total. The molecule has 0 radical (unpaired) electrons. The SMILES string of the molecule is CCO[P+](=O)OCC(COC(=O)c1ccccc1Nc1nc2ncc(CNc3ccc(C(=O)N[C@@H](CCC(=O)O)C(=O)O)cc3)nc2c(=O)[nH]1)OP(=O)(OCC)OCC. The number of hydrogen-bond acceptors (Lipinski definition) is 18. The van der Waals surface area contributed by atoms with Crippen LogP contribution in [0.25, 0.3) is 11.2 Å². The Labute approximate surface area is 336 Å². The predicted octanol–water partition coefficient (Wildman–Crippen LogP) is 4.55. The molecule has 1 amide bonds. The van der Waals surface area contributed by atoms with E-state index < -0.39 is 77.2 Å². The number of nitrogens with zero attached hydrogens (tertiary/aromatic N) is 3. The molecule has 0 aliphatic rings. The summed E-state index contributed by atoms with van der Waals surface area (Å²) in [4.78, 5) is 76.7. The van der Waals surface area contributed by atoms with Crippen LogP contribution in [0.2, 0.25) is 0 Å². The molecule has 2 aromatic heterocycles. The summed E-state index contributed by atoms with van der Waals surface area (Å²) in [6.07, 6.45) is -0.563. The Morgan fingerprint density at radius 2 is 1.64 bits per heavy atom. The summed E-state index contributed by atoms with van der Waals surface area (Å²) in [5, 5.41) is 26.4. The lowest BCUT2D eigenvalue weighted by Crippen LogP contribution is -2.41. The van der Waals surface area contributed by atoms with Gasteiger partial charge in [-0.15, -0.1) is 9.05 Å². The molecule has 59 heavy (non-hydrogen) atoms. The number of amides is 1. The Morgan fingerprint density at radius 1 is 0.932 bits per heavy atom. The molecule has 3 atom stereocenters. The molecule has 2 unspecified atom stereocenters. The molecule has 0 fully saturated rings. The maximum Gasteiger partial charge on any atom is 0.697 e. The highest BCUT2D eigenvalue weighted by Gasteiger charge is 2.34. The highest BCUT2D eigenvalue weighted by Crippen LogP contribution is 2.50. The van der Waals surface area contributed by atoms with Gasteiger partial charge in [0.25, 0.3) is 11.5 Å². The number of rotatable bonds is 25. The number of carbonyl (C=O) groups excluding carboxylic acids is 2. The Hall–Kier alpha value is -5.73. The minimum Gasteiger partial charge on any atom is -0.481 e. The number of carbonyl (C=O) groups is 4. The van der Waals surface area contributed by atoms with Gasteiger partial charge in [0.2, 0.25) is 5.95 Å². The van der Waals surface area contributed by atoms with Crippen LogP contribution >= 0.6 is 16.1 Å². The molecular formula is C35H42N7O15P2+. The maximum absolute atomic E-state index is 13.3. The van der Waals surface area contributed by atoms with Crippen LogP contribution in [0.5, 0.6) is 0 Å². The number of carboxylic acid groups (broad SMARTS) is 2. The van der Waals surface area contributed by atoms with Gasteiger partial charge in [0.05, 0.1) is 42.9 Å². The van der Waals surface area contributed by atoms with E-state index in [9.17, 15) is 38.2 Å². The quantitative estimate of drug-likeness (QED) is 0.0393. The molecule has 2 aromatic carbocycles. The van der Waals surface area contributed by atoms with Crippen LogP contribution in [0.15, 0.2) is 59.5 Å². The van der Waals surface area contributed by atoms with E-state index in [0.29, 0.717) is 11.4 Å². The summed E-state index contributed by atoms with van der Waals surface area (Å²) in [7, 11) is -6.66. The zero-order chi connectivity index (χ0) is 43.0. The molecule has 316 valence electrons.